The number of ether oxygens (including phenoxy) is 1. The smallest absolute Gasteiger partial charge is 0.309 e. The van der Waals surface area contributed by atoms with Gasteiger partial charge < -0.3 is 4.74 Å². The van der Waals surface area contributed by atoms with Gasteiger partial charge in [-0.2, -0.15) is 0 Å². The van der Waals surface area contributed by atoms with Crippen molar-refractivity contribution in [2.75, 3.05) is 6.61 Å². The van der Waals surface area contributed by atoms with Crippen molar-refractivity contribution in [2.45, 2.75) is 58.3 Å². The second-order valence-electron chi connectivity index (χ2n) is 6.84. The normalized spacial score (nSPS) is 40.6. The second-order valence-corrected chi connectivity index (χ2v) is 6.84. The van der Waals surface area contributed by atoms with Crippen molar-refractivity contribution in [1.29, 1.82) is 0 Å². The molecule has 0 aliphatic heterocycles. The predicted molar refractivity (Wildman–Crippen MR) is 76.0 cm³/mol. The first-order chi connectivity index (χ1) is 9.72. The summed E-state index contributed by atoms with van der Waals surface area (Å²) in [6.45, 7) is 2.31. The Balaban J connectivity index is 1.80. The highest BCUT2D eigenvalue weighted by Crippen LogP contribution is 2.52. The summed E-state index contributed by atoms with van der Waals surface area (Å²) < 4.78 is 5.25. The average molecular weight is 278 g/mol. The fourth-order valence-electron chi connectivity index (χ4n) is 5.12. The van der Waals surface area contributed by atoms with E-state index in [1.54, 1.807) is 0 Å². The lowest BCUT2D eigenvalue weighted by atomic mass is 9.55. The van der Waals surface area contributed by atoms with Gasteiger partial charge >= 0.3 is 5.97 Å². The Kier molecular flexibility index (Phi) is 4.13. The molecule has 3 aliphatic rings. The zero-order valence-corrected chi connectivity index (χ0v) is 12.5. The minimum atomic E-state index is -0.0516. The molecule has 112 valence electrons. The molecule has 0 amide bonds. The number of hydrogen-bond acceptors (Lipinski definition) is 3. The molecule has 3 aliphatic carbocycles. The molecule has 3 rings (SSSR count). The minimum Gasteiger partial charge on any atom is -0.466 e. The molecule has 0 N–H and O–H groups in total. The molecular formula is C17H26O3. The predicted octanol–water partition coefficient (Wildman–Crippen LogP) is 3.36. The summed E-state index contributed by atoms with van der Waals surface area (Å²) >= 11 is 0. The van der Waals surface area contributed by atoms with Crippen molar-refractivity contribution in [1.82, 2.24) is 0 Å². The highest BCUT2D eigenvalue weighted by molar-refractivity contribution is 5.85. The number of ketones is 1. The fourth-order valence-corrected chi connectivity index (χ4v) is 5.12. The average Bonchev–Trinajstić information content (AvgIpc) is 2.47. The SMILES string of the molecule is CCOC(=O)C1CCC(=O)C2C3CCCCC3CCC12. The van der Waals surface area contributed by atoms with Crippen molar-refractivity contribution < 1.29 is 14.3 Å². The molecule has 0 bridgehead atoms. The van der Waals surface area contributed by atoms with Crippen molar-refractivity contribution in [3.05, 3.63) is 0 Å². The molecule has 3 fully saturated rings. The van der Waals surface area contributed by atoms with Crippen molar-refractivity contribution in [3.8, 4) is 0 Å². The number of rotatable bonds is 2. The molecule has 0 aromatic carbocycles. The van der Waals surface area contributed by atoms with Gasteiger partial charge in [0.1, 0.15) is 5.78 Å². The van der Waals surface area contributed by atoms with Crippen LogP contribution in [-0.4, -0.2) is 18.4 Å². The van der Waals surface area contributed by atoms with Crippen LogP contribution in [0.15, 0.2) is 0 Å². The molecule has 0 heterocycles. The fraction of sp³-hybridized carbons (Fsp3) is 0.882. The maximum absolute atomic E-state index is 12.5. The number of fused-ring (bicyclic) bond motifs is 3. The van der Waals surface area contributed by atoms with E-state index in [0.29, 0.717) is 24.7 Å². The van der Waals surface area contributed by atoms with Gasteiger partial charge in [0.05, 0.1) is 12.5 Å². The van der Waals surface area contributed by atoms with Gasteiger partial charge in [-0.3, -0.25) is 9.59 Å². The molecule has 0 aromatic rings. The highest BCUT2D eigenvalue weighted by Gasteiger charge is 2.50. The van der Waals surface area contributed by atoms with Crippen molar-refractivity contribution in [2.24, 2.45) is 29.6 Å². The molecule has 0 aromatic heterocycles. The molecule has 3 nitrogen and oxygen atoms in total. The van der Waals surface area contributed by atoms with E-state index in [1.165, 1.54) is 32.1 Å². The first-order valence-electron chi connectivity index (χ1n) is 8.41. The Labute approximate surface area is 121 Å². The van der Waals surface area contributed by atoms with Crippen LogP contribution < -0.4 is 0 Å². The maximum atomic E-state index is 12.5. The van der Waals surface area contributed by atoms with E-state index in [2.05, 4.69) is 0 Å². The van der Waals surface area contributed by atoms with Gasteiger partial charge in [-0.25, -0.2) is 0 Å². The van der Waals surface area contributed by atoms with Crippen LogP contribution in [0.4, 0.5) is 0 Å². The standard InChI is InChI=1S/C17H26O3/c1-2-20-17(19)14-9-10-15(18)16-12-6-4-3-5-11(12)7-8-13(14)16/h11-14,16H,2-10H2,1H3. The Morgan fingerprint density at radius 2 is 1.90 bits per heavy atom. The molecule has 20 heavy (non-hydrogen) atoms. The van der Waals surface area contributed by atoms with Gasteiger partial charge in [-0.05, 0) is 50.4 Å². The number of Topliss-reactive ketones (excluding diaryl/α,β-unsaturated/α-hetero) is 1. The molecule has 0 radical (unpaired) electrons. The zero-order chi connectivity index (χ0) is 14.1. The number of carbonyl (C=O) groups excluding carboxylic acids is 2. The van der Waals surface area contributed by atoms with Crippen LogP contribution in [0.2, 0.25) is 0 Å². The number of carbonyl (C=O) groups is 2. The Bertz CT molecular complexity index is 390. The quantitative estimate of drug-likeness (QED) is 0.727. The van der Waals surface area contributed by atoms with Gasteiger partial charge in [0.2, 0.25) is 0 Å². The third kappa shape index (κ3) is 2.40. The van der Waals surface area contributed by atoms with Crippen LogP contribution in [0.1, 0.15) is 58.3 Å². The summed E-state index contributed by atoms with van der Waals surface area (Å²) in [6.07, 6.45) is 8.67. The summed E-state index contributed by atoms with van der Waals surface area (Å²) in [6, 6.07) is 0. The van der Waals surface area contributed by atoms with Crippen LogP contribution in [0.3, 0.4) is 0 Å². The van der Waals surface area contributed by atoms with Crippen molar-refractivity contribution in [3.63, 3.8) is 0 Å². The van der Waals surface area contributed by atoms with Crippen LogP contribution in [-0.2, 0) is 14.3 Å². The van der Waals surface area contributed by atoms with Crippen LogP contribution in [0.25, 0.3) is 0 Å². The first-order valence-corrected chi connectivity index (χ1v) is 8.41. The van der Waals surface area contributed by atoms with Gasteiger partial charge in [-0.15, -0.1) is 0 Å². The molecule has 3 heteroatoms. The van der Waals surface area contributed by atoms with Crippen LogP contribution >= 0.6 is 0 Å². The lowest BCUT2D eigenvalue weighted by molar-refractivity contribution is -0.158. The molecule has 3 saturated carbocycles. The minimum absolute atomic E-state index is 0.0134. The molecule has 5 atom stereocenters. The van der Waals surface area contributed by atoms with E-state index < -0.39 is 0 Å². The third-order valence-electron chi connectivity index (χ3n) is 5.94. The van der Waals surface area contributed by atoms with Crippen molar-refractivity contribution >= 4 is 11.8 Å². The third-order valence-corrected chi connectivity index (χ3v) is 5.94. The van der Waals surface area contributed by atoms with E-state index in [-0.39, 0.29) is 23.7 Å². The Morgan fingerprint density at radius 1 is 1.10 bits per heavy atom. The van der Waals surface area contributed by atoms with E-state index in [0.717, 1.165) is 18.8 Å². The van der Waals surface area contributed by atoms with E-state index >= 15 is 0 Å². The summed E-state index contributed by atoms with van der Waals surface area (Å²) in [5.74, 6) is 2.12. The first kappa shape index (κ1) is 14.1. The van der Waals surface area contributed by atoms with Gasteiger partial charge in [0, 0.05) is 12.3 Å². The second kappa shape index (κ2) is 5.87. The zero-order valence-electron chi connectivity index (χ0n) is 12.5. The lowest BCUT2D eigenvalue weighted by Gasteiger charge is -2.49. The van der Waals surface area contributed by atoms with Gasteiger partial charge in [-0.1, -0.05) is 19.3 Å². The summed E-state index contributed by atoms with van der Waals surface area (Å²) in [7, 11) is 0. The largest absolute Gasteiger partial charge is 0.466 e. The Hall–Kier alpha value is -0.860. The van der Waals surface area contributed by atoms with Crippen LogP contribution in [0, 0.1) is 29.6 Å². The van der Waals surface area contributed by atoms with Crippen LogP contribution in [0.5, 0.6) is 0 Å². The van der Waals surface area contributed by atoms with Gasteiger partial charge in [0.25, 0.3) is 0 Å². The van der Waals surface area contributed by atoms with E-state index in [1.807, 2.05) is 6.92 Å². The number of esters is 1. The lowest BCUT2D eigenvalue weighted by Crippen LogP contribution is -2.48. The van der Waals surface area contributed by atoms with E-state index in [4.69, 9.17) is 4.74 Å². The molecule has 0 saturated heterocycles. The molecule has 0 spiro atoms. The monoisotopic (exact) mass is 278 g/mol. The highest BCUT2D eigenvalue weighted by atomic mass is 16.5. The summed E-state index contributed by atoms with van der Waals surface area (Å²) in [5, 5.41) is 0. The number of hydrogen-bond donors (Lipinski definition) is 0. The van der Waals surface area contributed by atoms with E-state index in [9.17, 15) is 9.59 Å². The molecular weight excluding hydrogens is 252 g/mol. The van der Waals surface area contributed by atoms with Gasteiger partial charge in [0.15, 0.2) is 0 Å². The summed E-state index contributed by atoms with van der Waals surface area (Å²) in [5.41, 5.74) is 0. The maximum Gasteiger partial charge on any atom is 0.309 e. The Morgan fingerprint density at radius 3 is 2.70 bits per heavy atom. The molecule has 5 unspecified atom stereocenters. The topological polar surface area (TPSA) is 43.4 Å². The summed E-state index contributed by atoms with van der Waals surface area (Å²) in [4.78, 5) is 24.6.